The second kappa shape index (κ2) is 3.74. The largest absolute Gasteiger partial charge is 0.329 e. The van der Waals surface area contributed by atoms with Crippen LogP contribution in [0.2, 0.25) is 0 Å². The molecule has 1 saturated heterocycles. The van der Waals surface area contributed by atoms with Gasteiger partial charge in [-0.15, -0.1) is 0 Å². The van der Waals surface area contributed by atoms with Gasteiger partial charge in [0.15, 0.2) is 0 Å². The normalized spacial score (nSPS) is 22.8. The molecule has 0 aliphatic carbocycles. The van der Waals surface area contributed by atoms with Gasteiger partial charge in [-0.3, -0.25) is 10.1 Å². The number of nitrogens with two attached hydrogens (primary N) is 1. The van der Waals surface area contributed by atoms with Crippen LogP contribution in [0.1, 0.15) is 13.8 Å². The van der Waals surface area contributed by atoms with Crippen LogP contribution in [-0.4, -0.2) is 36.0 Å². The Morgan fingerprint density at radius 1 is 1.54 bits per heavy atom. The lowest BCUT2D eigenvalue weighted by Crippen LogP contribution is -2.41. The number of rotatable bonds is 3. The van der Waals surface area contributed by atoms with E-state index in [1.807, 2.05) is 13.8 Å². The molecule has 0 aromatic heterocycles. The topological polar surface area (TPSA) is 75.4 Å². The molecule has 0 aromatic rings. The predicted octanol–water partition coefficient (Wildman–Crippen LogP) is -0.478. The van der Waals surface area contributed by atoms with Gasteiger partial charge in [0, 0.05) is 13.1 Å². The molecule has 1 fully saturated rings. The molecule has 1 atom stereocenters. The molecular weight excluding hydrogens is 170 g/mol. The summed E-state index contributed by atoms with van der Waals surface area (Å²) in [6, 6.07) is -0.676. The molecule has 74 valence electrons. The third-order valence-electron chi connectivity index (χ3n) is 2.10. The molecule has 3 N–H and O–H groups in total. The number of nitrogens with one attached hydrogen (secondary N) is 1. The van der Waals surface area contributed by atoms with E-state index in [9.17, 15) is 9.59 Å². The van der Waals surface area contributed by atoms with Gasteiger partial charge in [0.05, 0.1) is 0 Å². The lowest BCUT2D eigenvalue weighted by atomic mass is 10.0. The molecular formula is C8H15N3O2. The van der Waals surface area contributed by atoms with Gasteiger partial charge in [0.25, 0.3) is 5.91 Å². The molecule has 0 radical (unpaired) electrons. The number of nitrogens with zero attached hydrogens (tertiary/aromatic N) is 1. The number of amides is 3. The quantitative estimate of drug-likeness (QED) is 0.583. The number of urea groups is 1. The molecule has 5 heteroatoms. The van der Waals surface area contributed by atoms with Crippen molar-refractivity contribution in [3.8, 4) is 0 Å². The van der Waals surface area contributed by atoms with E-state index in [-0.39, 0.29) is 23.9 Å². The third kappa shape index (κ3) is 1.80. The average molecular weight is 185 g/mol. The van der Waals surface area contributed by atoms with Gasteiger partial charge >= 0.3 is 6.03 Å². The first-order valence-electron chi connectivity index (χ1n) is 4.39. The van der Waals surface area contributed by atoms with Crippen molar-refractivity contribution in [3.63, 3.8) is 0 Å². The van der Waals surface area contributed by atoms with E-state index in [1.165, 1.54) is 4.90 Å². The van der Waals surface area contributed by atoms with Crippen LogP contribution in [0.25, 0.3) is 0 Å². The molecule has 0 bridgehead atoms. The first-order valence-corrected chi connectivity index (χ1v) is 4.39. The Morgan fingerprint density at radius 2 is 2.15 bits per heavy atom. The fourth-order valence-corrected chi connectivity index (χ4v) is 1.56. The summed E-state index contributed by atoms with van der Waals surface area (Å²) in [6.07, 6.45) is 0. The van der Waals surface area contributed by atoms with Crippen LogP contribution in [0, 0.1) is 5.92 Å². The van der Waals surface area contributed by atoms with E-state index < -0.39 is 0 Å². The summed E-state index contributed by atoms with van der Waals surface area (Å²) in [7, 11) is 0. The van der Waals surface area contributed by atoms with E-state index >= 15 is 0 Å². The van der Waals surface area contributed by atoms with Crippen molar-refractivity contribution in [1.82, 2.24) is 10.2 Å². The minimum atomic E-state index is -0.351. The molecule has 1 heterocycles. The number of imide groups is 1. The lowest BCUT2D eigenvalue weighted by Gasteiger charge is -2.23. The van der Waals surface area contributed by atoms with Gasteiger partial charge in [-0.25, -0.2) is 4.79 Å². The number of hydrogen-bond donors (Lipinski definition) is 2. The summed E-state index contributed by atoms with van der Waals surface area (Å²) in [5, 5.41) is 2.28. The third-order valence-corrected chi connectivity index (χ3v) is 2.10. The maximum atomic E-state index is 11.3. The van der Waals surface area contributed by atoms with E-state index in [1.54, 1.807) is 0 Å². The Bertz CT molecular complexity index is 227. The molecule has 1 unspecified atom stereocenters. The molecule has 0 spiro atoms. The Hall–Kier alpha value is -1.10. The molecule has 13 heavy (non-hydrogen) atoms. The van der Waals surface area contributed by atoms with Gasteiger partial charge in [0.2, 0.25) is 0 Å². The van der Waals surface area contributed by atoms with Gasteiger partial charge < -0.3 is 10.6 Å². The zero-order valence-electron chi connectivity index (χ0n) is 7.91. The van der Waals surface area contributed by atoms with Crippen LogP contribution in [-0.2, 0) is 4.79 Å². The summed E-state index contributed by atoms with van der Waals surface area (Å²) >= 11 is 0. The molecule has 5 nitrogen and oxygen atoms in total. The smallest absolute Gasteiger partial charge is 0.324 e. The molecule has 3 amide bonds. The van der Waals surface area contributed by atoms with Crippen molar-refractivity contribution in [2.24, 2.45) is 11.7 Å². The Kier molecular flexibility index (Phi) is 2.87. The Morgan fingerprint density at radius 3 is 2.62 bits per heavy atom. The Balaban J connectivity index is 2.77. The maximum absolute atomic E-state index is 11.3. The maximum Gasteiger partial charge on any atom is 0.324 e. The first-order chi connectivity index (χ1) is 6.07. The van der Waals surface area contributed by atoms with Gasteiger partial charge in [0.1, 0.15) is 6.04 Å². The highest BCUT2D eigenvalue weighted by molar-refractivity contribution is 6.04. The standard InChI is InChI=1S/C8H15N3O2/c1-5(2)6-7(12)10-8(13)11(6)4-3-9/h5-6H,3-4,9H2,1-2H3,(H,10,12,13). The van der Waals surface area contributed by atoms with Crippen molar-refractivity contribution >= 4 is 11.9 Å². The first kappa shape index (κ1) is 9.98. The van der Waals surface area contributed by atoms with E-state index in [4.69, 9.17) is 5.73 Å². The van der Waals surface area contributed by atoms with Gasteiger partial charge in [-0.2, -0.15) is 0 Å². The second-order valence-electron chi connectivity index (χ2n) is 3.47. The monoisotopic (exact) mass is 185 g/mol. The van der Waals surface area contributed by atoms with Gasteiger partial charge in [-0.1, -0.05) is 13.8 Å². The fourth-order valence-electron chi connectivity index (χ4n) is 1.56. The summed E-state index contributed by atoms with van der Waals surface area (Å²) < 4.78 is 0. The van der Waals surface area contributed by atoms with E-state index in [2.05, 4.69) is 5.32 Å². The minimum absolute atomic E-state index is 0.123. The van der Waals surface area contributed by atoms with Crippen LogP contribution in [0.4, 0.5) is 4.79 Å². The fraction of sp³-hybridized carbons (Fsp3) is 0.750. The van der Waals surface area contributed by atoms with Crippen LogP contribution >= 0.6 is 0 Å². The number of carbonyl (C=O) groups excluding carboxylic acids is 2. The molecule has 1 aliphatic heterocycles. The highest BCUT2D eigenvalue weighted by Crippen LogP contribution is 2.15. The van der Waals surface area contributed by atoms with Crippen molar-refractivity contribution in [3.05, 3.63) is 0 Å². The summed E-state index contributed by atoms with van der Waals surface area (Å²) in [5.74, 6) is -0.0913. The van der Waals surface area contributed by atoms with Crippen LogP contribution in [0.15, 0.2) is 0 Å². The van der Waals surface area contributed by atoms with Crippen molar-refractivity contribution in [2.75, 3.05) is 13.1 Å². The summed E-state index contributed by atoms with van der Waals surface area (Å²) in [5.41, 5.74) is 5.35. The zero-order valence-corrected chi connectivity index (χ0v) is 7.91. The highest BCUT2D eigenvalue weighted by Gasteiger charge is 2.39. The molecule has 1 aliphatic rings. The SMILES string of the molecule is CC(C)C1C(=O)NC(=O)N1CCN. The summed E-state index contributed by atoms with van der Waals surface area (Å²) in [4.78, 5) is 24.0. The van der Waals surface area contributed by atoms with Crippen molar-refractivity contribution < 1.29 is 9.59 Å². The van der Waals surface area contributed by atoms with Crippen LogP contribution < -0.4 is 11.1 Å². The number of hydrogen-bond acceptors (Lipinski definition) is 3. The van der Waals surface area contributed by atoms with Crippen molar-refractivity contribution in [2.45, 2.75) is 19.9 Å². The molecule has 1 rings (SSSR count). The summed E-state index contributed by atoms with van der Waals surface area (Å²) in [6.45, 7) is 4.63. The van der Waals surface area contributed by atoms with E-state index in [0.29, 0.717) is 13.1 Å². The molecule has 0 saturated carbocycles. The van der Waals surface area contributed by atoms with Gasteiger partial charge in [-0.05, 0) is 5.92 Å². The molecule has 0 aromatic carbocycles. The van der Waals surface area contributed by atoms with Crippen LogP contribution in [0.5, 0.6) is 0 Å². The number of carbonyl (C=O) groups is 2. The van der Waals surface area contributed by atoms with Crippen molar-refractivity contribution in [1.29, 1.82) is 0 Å². The second-order valence-corrected chi connectivity index (χ2v) is 3.47. The van der Waals surface area contributed by atoms with E-state index in [0.717, 1.165) is 0 Å². The average Bonchev–Trinajstić information content (AvgIpc) is 2.27. The lowest BCUT2D eigenvalue weighted by molar-refractivity contribution is -0.122. The Labute approximate surface area is 77.3 Å². The predicted molar refractivity (Wildman–Crippen MR) is 47.9 cm³/mol. The van der Waals surface area contributed by atoms with Crippen LogP contribution in [0.3, 0.4) is 0 Å². The zero-order chi connectivity index (χ0) is 10.0. The minimum Gasteiger partial charge on any atom is -0.329 e. The highest BCUT2D eigenvalue weighted by atomic mass is 16.2.